The predicted octanol–water partition coefficient (Wildman–Crippen LogP) is 3.15. The number of nitrogens with zero attached hydrogens (tertiary/aromatic N) is 1. The second-order valence-corrected chi connectivity index (χ2v) is 8.74. The molecule has 1 aromatic carbocycles. The molecule has 0 spiro atoms. The van der Waals surface area contributed by atoms with Crippen molar-refractivity contribution in [3.8, 4) is 0 Å². The maximum absolute atomic E-state index is 12.4. The zero-order valence-electron chi connectivity index (χ0n) is 13.5. The molecular weight excluding hydrogens is 322 g/mol. The average molecular weight is 346 g/mol. The fraction of sp³-hybridized carbons (Fsp3) is 0.562. The number of sulfone groups is 1. The number of carbonyl (C=O) groups is 1. The predicted molar refractivity (Wildman–Crippen MR) is 90.6 cm³/mol. The van der Waals surface area contributed by atoms with E-state index in [0.717, 1.165) is 5.56 Å². The van der Waals surface area contributed by atoms with Gasteiger partial charge >= 0.3 is 0 Å². The molecule has 0 aromatic heterocycles. The van der Waals surface area contributed by atoms with Crippen LogP contribution in [-0.2, 0) is 21.2 Å². The first-order valence-corrected chi connectivity index (χ1v) is 9.55. The molecule has 0 bridgehead atoms. The van der Waals surface area contributed by atoms with Crippen LogP contribution in [0.4, 0.5) is 0 Å². The van der Waals surface area contributed by atoms with Gasteiger partial charge in [-0.1, -0.05) is 37.6 Å². The Bertz CT molecular complexity index is 612. The summed E-state index contributed by atoms with van der Waals surface area (Å²) in [5.74, 6) is -0.764. The van der Waals surface area contributed by atoms with Gasteiger partial charge in [0, 0.05) is 17.6 Å². The number of halogens is 1. The SMILES string of the molecule is CC(C)CS(=O)(=O)CC(=O)N(Cc1cccc(Cl)c1)C(C)C. The van der Waals surface area contributed by atoms with E-state index >= 15 is 0 Å². The van der Waals surface area contributed by atoms with Gasteiger partial charge in [0.05, 0.1) is 5.75 Å². The summed E-state index contributed by atoms with van der Waals surface area (Å²) in [6, 6.07) is 7.15. The van der Waals surface area contributed by atoms with Crippen molar-refractivity contribution in [1.29, 1.82) is 0 Å². The van der Waals surface area contributed by atoms with Gasteiger partial charge in [0.1, 0.15) is 5.75 Å². The van der Waals surface area contributed by atoms with Crippen LogP contribution < -0.4 is 0 Å². The van der Waals surface area contributed by atoms with Crippen LogP contribution in [0.15, 0.2) is 24.3 Å². The van der Waals surface area contributed by atoms with Crippen LogP contribution >= 0.6 is 11.6 Å². The van der Waals surface area contributed by atoms with Crippen molar-refractivity contribution < 1.29 is 13.2 Å². The maximum atomic E-state index is 12.4. The average Bonchev–Trinajstić information content (AvgIpc) is 2.33. The largest absolute Gasteiger partial charge is 0.335 e. The van der Waals surface area contributed by atoms with Gasteiger partial charge in [-0.25, -0.2) is 8.42 Å². The number of benzene rings is 1. The van der Waals surface area contributed by atoms with Crippen molar-refractivity contribution in [3.63, 3.8) is 0 Å². The molecule has 1 amide bonds. The van der Waals surface area contributed by atoms with Crippen molar-refractivity contribution in [1.82, 2.24) is 4.90 Å². The molecule has 0 N–H and O–H groups in total. The van der Waals surface area contributed by atoms with E-state index in [1.165, 1.54) is 0 Å². The summed E-state index contributed by atoms with van der Waals surface area (Å²) in [7, 11) is -3.38. The lowest BCUT2D eigenvalue weighted by molar-refractivity contribution is -0.130. The van der Waals surface area contributed by atoms with E-state index in [2.05, 4.69) is 0 Å². The number of amides is 1. The molecule has 0 fully saturated rings. The molecule has 0 aliphatic rings. The summed E-state index contributed by atoms with van der Waals surface area (Å²) in [4.78, 5) is 14.0. The molecule has 22 heavy (non-hydrogen) atoms. The maximum Gasteiger partial charge on any atom is 0.238 e. The normalized spacial score (nSPS) is 12.0. The van der Waals surface area contributed by atoms with Gasteiger partial charge in [0.2, 0.25) is 5.91 Å². The van der Waals surface area contributed by atoms with Gasteiger partial charge in [-0.15, -0.1) is 0 Å². The third kappa shape index (κ3) is 6.36. The second kappa shape index (κ2) is 7.97. The molecule has 0 heterocycles. The molecular formula is C16H24ClNO3S. The molecule has 1 aromatic rings. The lowest BCUT2D eigenvalue weighted by Gasteiger charge is -2.27. The highest BCUT2D eigenvalue weighted by molar-refractivity contribution is 7.92. The zero-order chi connectivity index (χ0) is 16.9. The summed E-state index contributed by atoms with van der Waals surface area (Å²) >= 11 is 5.95. The summed E-state index contributed by atoms with van der Waals surface area (Å²) in [5, 5.41) is 0.598. The second-order valence-electron chi connectivity index (χ2n) is 6.19. The van der Waals surface area contributed by atoms with Crippen LogP contribution in [0.2, 0.25) is 5.02 Å². The van der Waals surface area contributed by atoms with Crippen molar-refractivity contribution in [2.75, 3.05) is 11.5 Å². The minimum atomic E-state index is -3.38. The summed E-state index contributed by atoms with van der Waals surface area (Å²) in [6.45, 7) is 7.76. The molecule has 6 heteroatoms. The minimum Gasteiger partial charge on any atom is -0.335 e. The first-order valence-electron chi connectivity index (χ1n) is 7.35. The molecule has 124 valence electrons. The van der Waals surface area contributed by atoms with Crippen molar-refractivity contribution in [3.05, 3.63) is 34.9 Å². The number of rotatable bonds is 7. The highest BCUT2D eigenvalue weighted by atomic mass is 35.5. The third-order valence-corrected chi connectivity index (χ3v) is 5.21. The quantitative estimate of drug-likeness (QED) is 0.762. The Morgan fingerprint density at radius 1 is 1.23 bits per heavy atom. The monoisotopic (exact) mass is 345 g/mol. The molecule has 0 saturated heterocycles. The van der Waals surface area contributed by atoms with E-state index < -0.39 is 15.6 Å². The van der Waals surface area contributed by atoms with Gasteiger partial charge in [0.15, 0.2) is 9.84 Å². The molecule has 0 aliphatic heterocycles. The van der Waals surface area contributed by atoms with Gasteiger partial charge < -0.3 is 4.90 Å². The van der Waals surface area contributed by atoms with Crippen LogP contribution in [0.1, 0.15) is 33.3 Å². The Hall–Kier alpha value is -1.07. The summed E-state index contributed by atoms with van der Waals surface area (Å²) in [6.07, 6.45) is 0. The van der Waals surface area contributed by atoms with Crippen LogP contribution in [0.5, 0.6) is 0 Å². The molecule has 0 radical (unpaired) electrons. The third-order valence-electron chi connectivity index (χ3n) is 3.12. The lowest BCUT2D eigenvalue weighted by Crippen LogP contribution is -2.40. The number of hydrogen-bond donors (Lipinski definition) is 0. The zero-order valence-corrected chi connectivity index (χ0v) is 15.1. The Kier molecular flexibility index (Phi) is 6.88. The van der Waals surface area contributed by atoms with Crippen molar-refractivity contribution >= 4 is 27.3 Å². The summed E-state index contributed by atoms with van der Waals surface area (Å²) in [5.41, 5.74) is 0.885. The Morgan fingerprint density at radius 3 is 2.36 bits per heavy atom. The molecule has 0 saturated carbocycles. The fourth-order valence-corrected chi connectivity index (χ4v) is 4.12. The van der Waals surface area contributed by atoms with E-state index in [0.29, 0.717) is 11.6 Å². The molecule has 4 nitrogen and oxygen atoms in total. The molecule has 0 atom stereocenters. The van der Waals surface area contributed by atoms with Gasteiger partial charge in [-0.2, -0.15) is 0 Å². The first kappa shape index (κ1) is 19.0. The van der Waals surface area contributed by atoms with Crippen molar-refractivity contribution in [2.45, 2.75) is 40.3 Å². The molecule has 0 unspecified atom stereocenters. The van der Waals surface area contributed by atoms with Crippen LogP contribution in [0.25, 0.3) is 0 Å². The topological polar surface area (TPSA) is 54.5 Å². The van der Waals surface area contributed by atoms with Gasteiger partial charge in [-0.05, 0) is 37.5 Å². The van der Waals surface area contributed by atoms with Crippen molar-refractivity contribution in [2.24, 2.45) is 5.92 Å². The molecule has 1 rings (SSSR count). The standard InChI is InChI=1S/C16H24ClNO3S/c1-12(2)10-22(20,21)11-16(19)18(13(3)4)9-14-6-5-7-15(17)8-14/h5-8,12-13H,9-11H2,1-4H3. The lowest BCUT2D eigenvalue weighted by atomic mass is 10.2. The number of hydrogen-bond acceptors (Lipinski definition) is 3. The van der Waals surface area contributed by atoms with Crippen LogP contribution in [-0.4, -0.2) is 36.8 Å². The van der Waals surface area contributed by atoms with E-state index in [1.807, 2.05) is 39.8 Å². The molecule has 0 aliphatic carbocycles. The van der Waals surface area contributed by atoms with E-state index in [1.54, 1.807) is 17.0 Å². The van der Waals surface area contributed by atoms with E-state index in [4.69, 9.17) is 11.6 Å². The smallest absolute Gasteiger partial charge is 0.238 e. The number of carbonyl (C=O) groups excluding carboxylic acids is 1. The van der Waals surface area contributed by atoms with Gasteiger partial charge in [0.25, 0.3) is 0 Å². The fourth-order valence-electron chi connectivity index (χ4n) is 2.23. The van der Waals surface area contributed by atoms with Crippen LogP contribution in [0.3, 0.4) is 0 Å². The first-order chi connectivity index (χ1) is 10.1. The highest BCUT2D eigenvalue weighted by Gasteiger charge is 2.24. The van der Waals surface area contributed by atoms with Crippen LogP contribution in [0, 0.1) is 5.92 Å². The minimum absolute atomic E-state index is 0.0122. The Balaban J connectivity index is 2.85. The van der Waals surface area contributed by atoms with Gasteiger partial charge in [-0.3, -0.25) is 4.79 Å². The van der Waals surface area contributed by atoms with E-state index in [-0.39, 0.29) is 23.6 Å². The van der Waals surface area contributed by atoms with E-state index in [9.17, 15) is 13.2 Å². The Labute approximate surface area is 138 Å². The summed E-state index contributed by atoms with van der Waals surface area (Å²) < 4.78 is 24.0. The highest BCUT2D eigenvalue weighted by Crippen LogP contribution is 2.15. The Morgan fingerprint density at radius 2 is 1.86 bits per heavy atom.